The topological polar surface area (TPSA) is 118 Å². The lowest BCUT2D eigenvalue weighted by Crippen LogP contribution is -2.14. The summed E-state index contributed by atoms with van der Waals surface area (Å²) in [5, 5.41) is 24.0. The van der Waals surface area contributed by atoms with Crippen LogP contribution in [0, 0.1) is 21.4 Å². The number of fused-ring (bicyclic) bond motifs is 1. The van der Waals surface area contributed by atoms with Gasteiger partial charge in [-0.1, -0.05) is 17.8 Å². The molecule has 0 aliphatic carbocycles. The molecule has 1 amide bonds. The first-order valence-corrected chi connectivity index (χ1v) is 9.04. The van der Waals surface area contributed by atoms with Gasteiger partial charge in [0.25, 0.3) is 5.69 Å². The second kappa shape index (κ2) is 8.37. The van der Waals surface area contributed by atoms with Crippen molar-refractivity contribution in [1.82, 2.24) is 4.98 Å². The van der Waals surface area contributed by atoms with Crippen LogP contribution in [0.3, 0.4) is 0 Å². The molecule has 2 aromatic carbocycles. The van der Waals surface area contributed by atoms with Crippen LogP contribution in [-0.2, 0) is 4.79 Å². The second-order valence-corrected chi connectivity index (χ2v) is 6.62. The summed E-state index contributed by atoms with van der Waals surface area (Å²) in [5.41, 5.74) is 1.24. The van der Waals surface area contributed by atoms with E-state index in [9.17, 15) is 20.2 Å². The van der Waals surface area contributed by atoms with E-state index in [2.05, 4.69) is 16.4 Å². The molecule has 28 heavy (non-hydrogen) atoms. The van der Waals surface area contributed by atoms with Crippen molar-refractivity contribution in [1.29, 1.82) is 5.26 Å². The monoisotopic (exact) mass is 394 g/mol. The Morgan fingerprint density at radius 1 is 1.32 bits per heavy atom. The maximum atomic E-state index is 12.2. The van der Waals surface area contributed by atoms with Crippen molar-refractivity contribution in [2.24, 2.45) is 0 Å². The Labute approximate surface area is 164 Å². The number of pyridine rings is 1. The number of benzene rings is 2. The average Bonchev–Trinajstić information content (AvgIpc) is 2.71. The average molecular weight is 394 g/mol. The predicted molar refractivity (Wildman–Crippen MR) is 105 cm³/mol. The first kappa shape index (κ1) is 19.1. The number of nitrogens with one attached hydrogen (secondary N) is 1. The summed E-state index contributed by atoms with van der Waals surface area (Å²) in [5.74, 6) is 0.283. The Balaban J connectivity index is 1.75. The van der Waals surface area contributed by atoms with Gasteiger partial charge in [0.05, 0.1) is 28.9 Å². The van der Waals surface area contributed by atoms with E-state index in [0.717, 1.165) is 17.1 Å². The van der Waals surface area contributed by atoms with Crippen LogP contribution in [0.25, 0.3) is 10.9 Å². The quantitative estimate of drug-likeness (QED) is 0.384. The van der Waals surface area contributed by atoms with E-state index in [1.165, 1.54) is 18.2 Å². The van der Waals surface area contributed by atoms with Crippen molar-refractivity contribution in [3.8, 4) is 11.8 Å². The molecule has 0 bridgehead atoms. The van der Waals surface area contributed by atoms with Crippen LogP contribution in [0.2, 0.25) is 0 Å². The third-order valence-electron chi connectivity index (χ3n) is 3.79. The van der Waals surface area contributed by atoms with Gasteiger partial charge in [0.2, 0.25) is 5.91 Å². The highest BCUT2D eigenvalue weighted by Crippen LogP contribution is 2.27. The van der Waals surface area contributed by atoms with Gasteiger partial charge in [-0.3, -0.25) is 14.9 Å². The SMILES string of the molecule is COc1ccc2cc(C#N)c(SCC(=O)Nc3cccc([N+](=O)[O-])c3)nc2c1. The summed E-state index contributed by atoms with van der Waals surface area (Å²) in [6, 6.07) is 14.8. The number of aromatic nitrogens is 1. The lowest BCUT2D eigenvalue weighted by Gasteiger charge is -2.08. The second-order valence-electron chi connectivity index (χ2n) is 5.66. The van der Waals surface area contributed by atoms with E-state index in [1.807, 2.05) is 6.07 Å². The number of hydrogen-bond acceptors (Lipinski definition) is 7. The van der Waals surface area contributed by atoms with Crippen molar-refractivity contribution in [3.63, 3.8) is 0 Å². The Morgan fingerprint density at radius 3 is 2.86 bits per heavy atom. The van der Waals surface area contributed by atoms with Crippen LogP contribution in [0.15, 0.2) is 53.6 Å². The van der Waals surface area contributed by atoms with Crippen LogP contribution in [0.1, 0.15) is 5.56 Å². The highest BCUT2D eigenvalue weighted by Gasteiger charge is 2.12. The smallest absolute Gasteiger partial charge is 0.271 e. The summed E-state index contributed by atoms with van der Waals surface area (Å²) >= 11 is 1.12. The van der Waals surface area contributed by atoms with Crippen LogP contribution in [0.5, 0.6) is 5.75 Å². The van der Waals surface area contributed by atoms with Gasteiger partial charge >= 0.3 is 0 Å². The maximum absolute atomic E-state index is 12.2. The third-order valence-corrected chi connectivity index (χ3v) is 4.78. The number of thioether (sulfide) groups is 1. The normalized spacial score (nSPS) is 10.3. The van der Waals surface area contributed by atoms with Crippen LogP contribution in [-0.4, -0.2) is 28.7 Å². The Kier molecular flexibility index (Phi) is 5.72. The van der Waals surface area contributed by atoms with E-state index in [0.29, 0.717) is 27.5 Å². The zero-order valence-corrected chi connectivity index (χ0v) is 15.5. The number of nitro benzene ring substituents is 1. The number of nitriles is 1. The molecule has 140 valence electrons. The van der Waals surface area contributed by atoms with Gasteiger partial charge in [0.1, 0.15) is 16.8 Å². The first-order valence-electron chi connectivity index (χ1n) is 8.06. The molecule has 0 unspecified atom stereocenters. The minimum absolute atomic E-state index is 0.000152. The van der Waals surface area contributed by atoms with E-state index in [-0.39, 0.29) is 17.3 Å². The summed E-state index contributed by atoms with van der Waals surface area (Å²) in [6.07, 6.45) is 0. The maximum Gasteiger partial charge on any atom is 0.271 e. The number of carbonyl (C=O) groups excluding carboxylic acids is 1. The van der Waals surface area contributed by atoms with Crippen molar-refractivity contribution in [2.45, 2.75) is 5.03 Å². The molecule has 0 aliphatic heterocycles. The lowest BCUT2D eigenvalue weighted by atomic mass is 10.1. The van der Waals surface area contributed by atoms with Crippen molar-refractivity contribution in [2.75, 3.05) is 18.2 Å². The van der Waals surface area contributed by atoms with Gasteiger partial charge in [0, 0.05) is 29.3 Å². The van der Waals surface area contributed by atoms with Crippen LogP contribution in [0.4, 0.5) is 11.4 Å². The predicted octanol–water partition coefficient (Wildman–Crippen LogP) is 3.75. The Bertz CT molecular complexity index is 1110. The van der Waals surface area contributed by atoms with Crippen LogP contribution < -0.4 is 10.1 Å². The molecule has 1 N–H and O–H groups in total. The number of ether oxygens (including phenoxy) is 1. The molecule has 3 rings (SSSR count). The Hall–Kier alpha value is -3.64. The van der Waals surface area contributed by atoms with Gasteiger partial charge in [-0.15, -0.1) is 0 Å². The number of anilines is 1. The molecular formula is C19H14N4O4S. The molecule has 1 aromatic heterocycles. The van der Waals surface area contributed by atoms with Crippen molar-refractivity contribution < 1.29 is 14.5 Å². The molecule has 0 saturated carbocycles. The molecule has 0 spiro atoms. The number of rotatable bonds is 6. The zero-order valence-electron chi connectivity index (χ0n) is 14.7. The first-order chi connectivity index (χ1) is 13.5. The fraction of sp³-hybridized carbons (Fsp3) is 0.105. The van der Waals surface area contributed by atoms with Crippen molar-refractivity contribution in [3.05, 3.63) is 64.2 Å². The highest BCUT2D eigenvalue weighted by atomic mass is 32.2. The standard InChI is InChI=1S/C19H14N4O4S/c1-27-16-6-5-12-7-13(10-20)19(22-17(12)9-16)28-11-18(24)21-14-3-2-4-15(8-14)23(25)26/h2-9H,11H2,1H3,(H,21,24). The van der Waals surface area contributed by atoms with Gasteiger partial charge in [-0.05, 0) is 24.3 Å². The molecule has 1 heterocycles. The van der Waals surface area contributed by atoms with E-state index in [4.69, 9.17) is 4.74 Å². The largest absolute Gasteiger partial charge is 0.497 e. The zero-order chi connectivity index (χ0) is 20.1. The van der Waals surface area contributed by atoms with Gasteiger partial charge in [0.15, 0.2) is 0 Å². The van der Waals surface area contributed by atoms with Gasteiger partial charge in [-0.2, -0.15) is 5.26 Å². The minimum Gasteiger partial charge on any atom is -0.497 e. The molecule has 0 aliphatic rings. The molecule has 3 aromatic rings. The summed E-state index contributed by atoms with van der Waals surface area (Å²) in [6.45, 7) is 0. The molecule has 0 radical (unpaired) electrons. The minimum atomic E-state index is -0.531. The van der Waals surface area contributed by atoms with Gasteiger partial charge in [-0.25, -0.2) is 4.98 Å². The van der Waals surface area contributed by atoms with Gasteiger partial charge < -0.3 is 10.1 Å². The molecule has 0 atom stereocenters. The van der Waals surface area contributed by atoms with E-state index >= 15 is 0 Å². The number of nitrogens with zero attached hydrogens (tertiary/aromatic N) is 3. The number of nitro groups is 1. The fourth-order valence-electron chi connectivity index (χ4n) is 2.47. The summed E-state index contributed by atoms with van der Waals surface area (Å²) in [7, 11) is 1.55. The molecule has 0 saturated heterocycles. The summed E-state index contributed by atoms with van der Waals surface area (Å²) in [4.78, 5) is 26.9. The lowest BCUT2D eigenvalue weighted by molar-refractivity contribution is -0.384. The van der Waals surface area contributed by atoms with Crippen LogP contribution >= 0.6 is 11.8 Å². The van der Waals surface area contributed by atoms with Crippen molar-refractivity contribution >= 4 is 39.9 Å². The van der Waals surface area contributed by atoms with E-state index < -0.39 is 4.92 Å². The number of non-ortho nitro benzene ring substituents is 1. The number of carbonyl (C=O) groups is 1. The number of methoxy groups -OCH3 is 1. The number of hydrogen-bond donors (Lipinski definition) is 1. The number of amides is 1. The fourth-order valence-corrected chi connectivity index (χ4v) is 3.24. The summed E-state index contributed by atoms with van der Waals surface area (Å²) < 4.78 is 5.19. The highest BCUT2D eigenvalue weighted by molar-refractivity contribution is 8.00. The third kappa shape index (κ3) is 4.36. The Morgan fingerprint density at radius 2 is 2.14 bits per heavy atom. The molecule has 8 nitrogen and oxygen atoms in total. The van der Waals surface area contributed by atoms with E-state index in [1.54, 1.807) is 31.4 Å². The molecule has 0 fully saturated rings. The molecular weight excluding hydrogens is 380 g/mol. The molecule has 9 heteroatoms.